The Morgan fingerprint density at radius 3 is 2.76 bits per heavy atom. The van der Waals surface area contributed by atoms with E-state index in [2.05, 4.69) is 9.97 Å². The Hall–Kier alpha value is -3.22. The van der Waals surface area contributed by atoms with Crippen LogP contribution in [0.25, 0.3) is 11.0 Å². The van der Waals surface area contributed by atoms with Crippen molar-refractivity contribution in [1.82, 2.24) is 9.97 Å². The highest BCUT2D eigenvalue weighted by Crippen LogP contribution is 2.19. The maximum absolute atomic E-state index is 12.1. The van der Waals surface area contributed by atoms with Gasteiger partial charge in [0.1, 0.15) is 18.7 Å². The number of anilines is 1. The minimum absolute atomic E-state index is 0.00247. The Morgan fingerprint density at radius 2 is 2.00 bits per heavy atom. The van der Waals surface area contributed by atoms with Crippen molar-refractivity contribution in [2.45, 2.75) is 13.5 Å². The summed E-state index contributed by atoms with van der Waals surface area (Å²) >= 11 is 0. The van der Waals surface area contributed by atoms with Gasteiger partial charge < -0.3 is 14.1 Å². The lowest BCUT2D eigenvalue weighted by atomic mass is 10.1. The Morgan fingerprint density at radius 1 is 1.24 bits per heavy atom. The molecule has 1 aromatic carbocycles. The molecule has 0 aliphatic heterocycles. The zero-order valence-corrected chi connectivity index (χ0v) is 13.9. The summed E-state index contributed by atoms with van der Waals surface area (Å²) in [5, 5.41) is 0.748. The Balaban J connectivity index is 1.70. The van der Waals surface area contributed by atoms with Gasteiger partial charge in [0, 0.05) is 36.5 Å². The number of aryl methyl sites for hydroxylation is 1. The standard InChI is InChI=1S/C18H17N3O4/c1-12-4-5-14-13(9-16(22)25-15(14)8-12)11-24-17(23)10-21(2)18-19-6-3-7-20-18/h3-9H,10-11H2,1-2H3. The zero-order chi connectivity index (χ0) is 17.8. The lowest BCUT2D eigenvalue weighted by molar-refractivity contribution is -0.143. The van der Waals surface area contributed by atoms with Crippen molar-refractivity contribution >= 4 is 22.9 Å². The molecular formula is C18H17N3O4. The van der Waals surface area contributed by atoms with E-state index < -0.39 is 11.6 Å². The number of rotatable bonds is 5. The average molecular weight is 339 g/mol. The Labute approximate surface area is 143 Å². The van der Waals surface area contributed by atoms with Gasteiger partial charge >= 0.3 is 11.6 Å². The molecule has 7 nitrogen and oxygen atoms in total. The number of fused-ring (bicyclic) bond motifs is 1. The second-order valence-electron chi connectivity index (χ2n) is 5.66. The third kappa shape index (κ3) is 4.00. The molecule has 2 heterocycles. The molecule has 25 heavy (non-hydrogen) atoms. The van der Waals surface area contributed by atoms with Crippen molar-refractivity contribution in [2.75, 3.05) is 18.5 Å². The van der Waals surface area contributed by atoms with Crippen LogP contribution >= 0.6 is 0 Å². The van der Waals surface area contributed by atoms with Gasteiger partial charge in [-0.15, -0.1) is 0 Å². The summed E-state index contributed by atoms with van der Waals surface area (Å²) < 4.78 is 10.5. The summed E-state index contributed by atoms with van der Waals surface area (Å²) in [5.74, 6) is -0.0100. The van der Waals surface area contributed by atoms with E-state index in [1.54, 1.807) is 36.5 Å². The maximum Gasteiger partial charge on any atom is 0.336 e. The van der Waals surface area contributed by atoms with Gasteiger partial charge in [0.15, 0.2) is 0 Å². The van der Waals surface area contributed by atoms with Crippen LogP contribution < -0.4 is 10.5 Å². The van der Waals surface area contributed by atoms with Crippen molar-refractivity contribution in [1.29, 1.82) is 0 Å². The van der Waals surface area contributed by atoms with Crippen LogP contribution in [0.15, 0.2) is 51.9 Å². The molecule has 0 N–H and O–H groups in total. The molecule has 0 atom stereocenters. The molecule has 0 amide bonds. The number of carbonyl (C=O) groups excluding carboxylic acids is 1. The van der Waals surface area contributed by atoms with Crippen molar-refractivity contribution in [2.24, 2.45) is 0 Å². The molecule has 0 aliphatic rings. The molecule has 0 bridgehead atoms. The van der Waals surface area contributed by atoms with Crippen LogP contribution in [-0.4, -0.2) is 29.5 Å². The molecule has 0 unspecified atom stereocenters. The highest BCUT2D eigenvalue weighted by molar-refractivity contribution is 5.81. The lowest BCUT2D eigenvalue weighted by Gasteiger charge is -2.15. The fourth-order valence-electron chi connectivity index (χ4n) is 2.41. The van der Waals surface area contributed by atoms with Crippen LogP contribution in [0.4, 0.5) is 5.95 Å². The minimum Gasteiger partial charge on any atom is -0.459 e. The van der Waals surface area contributed by atoms with Crippen LogP contribution in [0.1, 0.15) is 11.1 Å². The third-order valence-electron chi connectivity index (χ3n) is 3.63. The highest BCUT2D eigenvalue weighted by Gasteiger charge is 2.12. The number of esters is 1. The second kappa shape index (κ2) is 7.12. The fraction of sp³-hybridized carbons (Fsp3) is 0.222. The van der Waals surface area contributed by atoms with E-state index in [4.69, 9.17) is 9.15 Å². The van der Waals surface area contributed by atoms with Gasteiger partial charge in [0.25, 0.3) is 0 Å². The molecule has 0 saturated heterocycles. The fourth-order valence-corrected chi connectivity index (χ4v) is 2.41. The molecule has 0 aliphatic carbocycles. The first-order valence-corrected chi connectivity index (χ1v) is 7.70. The number of hydrogen-bond acceptors (Lipinski definition) is 7. The molecule has 128 valence electrons. The molecule has 3 aromatic rings. The summed E-state index contributed by atoms with van der Waals surface area (Å²) in [6.45, 7) is 1.91. The minimum atomic E-state index is -0.473. The second-order valence-corrected chi connectivity index (χ2v) is 5.66. The topological polar surface area (TPSA) is 85.5 Å². The van der Waals surface area contributed by atoms with E-state index in [9.17, 15) is 9.59 Å². The predicted octanol–water partition coefficient (Wildman–Crippen LogP) is 2.07. The van der Waals surface area contributed by atoms with Gasteiger partial charge in [0.05, 0.1) is 0 Å². The third-order valence-corrected chi connectivity index (χ3v) is 3.63. The van der Waals surface area contributed by atoms with Crippen molar-refractivity contribution in [3.63, 3.8) is 0 Å². The van der Waals surface area contributed by atoms with Crippen molar-refractivity contribution in [3.05, 3.63) is 64.3 Å². The van der Waals surface area contributed by atoms with Crippen LogP contribution in [0.2, 0.25) is 0 Å². The van der Waals surface area contributed by atoms with E-state index in [0.717, 1.165) is 10.9 Å². The van der Waals surface area contributed by atoms with Crippen molar-refractivity contribution < 1.29 is 13.9 Å². The van der Waals surface area contributed by atoms with Crippen LogP contribution in [0, 0.1) is 6.92 Å². The van der Waals surface area contributed by atoms with E-state index in [1.807, 2.05) is 19.1 Å². The Bertz CT molecular complexity index is 953. The number of benzene rings is 1. The molecule has 2 aromatic heterocycles. The first-order valence-electron chi connectivity index (χ1n) is 7.70. The van der Waals surface area contributed by atoms with E-state index in [1.165, 1.54) is 6.07 Å². The smallest absolute Gasteiger partial charge is 0.336 e. The first-order chi connectivity index (χ1) is 12.0. The van der Waals surface area contributed by atoms with E-state index >= 15 is 0 Å². The zero-order valence-electron chi connectivity index (χ0n) is 13.9. The van der Waals surface area contributed by atoms with Crippen LogP contribution in [0.5, 0.6) is 0 Å². The summed E-state index contributed by atoms with van der Waals surface area (Å²) in [6.07, 6.45) is 3.20. The molecule has 0 spiro atoms. The molecule has 7 heteroatoms. The van der Waals surface area contributed by atoms with Gasteiger partial charge in [-0.1, -0.05) is 12.1 Å². The molecule has 3 rings (SSSR count). The van der Waals surface area contributed by atoms with Gasteiger partial charge in [-0.05, 0) is 24.6 Å². The Kier molecular flexibility index (Phi) is 4.74. The normalized spacial score (nSPS) is 10.6. The van der Waals surface area contributed by atoms with Crippen molar-refractivity contribution in [3.8, 4) is 0 Å². The summed E-state index contributed by atoms with van der Waals surface area (Å²) in [5.41, 5.74) is 1.60. The van der Waals surface area contributed by atoms with Gasteiger partial charge in [0.2, 0.25) is 5.95 Å². The predicted molar refractivity (Wildman–Crippen MR) is 92.3 cm³/mol. The average Bonchev–Trinajstić information content (AvgIpc) is 2.59. The van der Waals surface area contributed by atoms with Gasteiger partial charge in [-0.25, -0.2) is 14.8 Å². The number of carbonyl (C=O) groups is 1. The quantitative estimate of drug-likeness (QED) is 0.519. The van der Waals surface area contributed by atoms with Crippen LogP contribution in [-0.2, 0) is 16.1 Å². The molecular weight excluding hydrogens is 322 g/mol. The number of aromatic nitrogens is 2. The number of nitrogens with zero attached hydrogens (tertiary/aromatic N) is 3. The molecule has 0 saturated carbocycles. The lowest BCUT2D eigenvalue weighted by Crippen LogP contribution is -2.28. The number of likely N-dealkylation sites (N-methyl/N-ethyl adjacent to an activating group) is 1. The molecule has 0 radical (unpaired) electrons. The van der Waals surface area contributed by atoms with E-state index in [-0.39, 0.29) is 13.2 Å². The van der Waals surface area contributed by atoms with Gasteiger partial charge in [-0.3, -0.25) is 4.79 Å². The monoisotopic (exact) mass is 339 g/mol. The highest BCUT2D eigenvalue weighted by atomic mass is 16.5. The van der Waals surface area contributed by atoms with E-state index in [0.29, 0.717) is 17.1 Å². The molecule has 0 fully saturated rings. The van der Waals surface area contributed by atoms with Gasteiger partial charge in [-0.2, -0.15) is 0 Å². The van der Waals surface area contributed by atoms with Crippen LogP contribution in [0.3, 0.4) is 0 Å². The first kappa shape index (κ1) is 16.6. The number of hydrogen-bond donors (Lipinski definition) is 0. The summed E-state index contributed by atoms with van der Waals surface area (Å²) in [7, 11) is 1.70. The largest absolute Gasteiger partial charge is 0.459 e. The summed E-state index contributed by atoms with van der Waals surface area (Å²) in [6, 6.07) is 8.58. The maximum atomic E-state index is 12.1. The number of ether oxygens (including phenoxy) is 1. The SMILES string of the molecule is Cc1ccc2c(COC(=O)CN(C)c3ncccn3)cc(=O)oc2c1. The summed E-state index contributed by atoms with van der Waals surface area (Å²) in [4.78, 5) is 33.5.